The first-order chi connectivity index (χ1) is 13.5. The number of hydrogen-bond donors (Lipinski definition) is 1. The van der Waals surface area contributed by atoms with E-state index < -0.39 is 5.97 Å². The molecule has 1 amide bonds. The van der Waals surface area contributed by atoms with Gasteiger partial charge in [-0.15, -0.1) is 0 Å². The van der Waals surface area contributed by atoms with Crippen molar-refractivity contribution in [1.82, 2.24) is 4.98 Å². The minimum absolute atomic E-state index is 0.0471. The second-order valence-corrected chi connectivity index (χ2v) is 7.37. The number of hydrogen-bond acceptors (Lipinski definition) is 6. The highest BCUT2D eigenvalue weighted by atomic mass is 35.5. The summed E-state index contributed by atoms with van der Waals surface area (Å²) in [5.41, 5.74) is 1.62. The van der Waals surface area contributed by atoms with Crippen molar-refractivity contribution in [3.05, 3.63) is 58.6 Å². The molecule has 6 nitrogen and oxygen atoms in total. The number of thiazole rings is 1. The number of carbonyl (C=O) groups is 3. The van der Waals surface area contributed by atoms with Gasteiger partial charge in [0, 0.05) is 23.4 Å². The molecule has 1 N–H and O–H groups in total. The molecule has 3 aromatic rings. The normalized spacial score (nSPS) is 10.6. The summed E-state index contributed by atoms with van der Waals surface area (Å²) in [7, 11) is 0. The van der Waals surface area contributed by atoms with Gasteiger partial charge in [0.15, 0.2) is 10.9 Å². The first kappa shape index (κ1) is 20.0. The molecule has 3 rings (SSSR count). The highest BCUT2D eigenvalue weighted by Crippen LogP contribution is 2.27. The third-order valence-electron chi connectivity index (χ3n) is 3.89. The molecule has 0 aliphatic carbocycles. The second kappa shape index (κ2) is 8.95. The highest BCUT2D eigenvalue weighted by molar-refractivity contribution is 7.22. The number of fused-ring (bicyclic) bond motifs is 1. The van der Waals surface area contributed by atoms with Crippen LogP contribution >= 0.6 is 22.9 Å². The summed E-state index contributed by atoms with van der Waals surface area (Å²) in [6.45, 7) is 2.05. The number of ketones is 1. The molecule has 1 heterocycles. The molecule has 144 valence electrons. The average Bonchev–Trinajstić information content (AvgIpc) is 3.08. The van der Waals surface area contributed by atoms with E-state index in [9.17, 15) is 14.4 Å². The third-order valence-corrected chi connectivity index (χ3v) is 5.08. The number of carbonyl (C=O) groups excluding carboxylic acids is 3. The van der Waals surface area contributed by atoms with Crippen molar-refractivity contribution in [3.63, 3.8) is 0 Å². The smallest absolute Gasteiger partial charge is 0.338 e. The van der Waals surface area contributed by atoms with Gasteiger partial charge in [-0.3, -0.25) is 9.59 Å². The van der Waals surface area contributed by atoms with Gasteiger partial charge in [0.2, 0.25) is 5.91 Å². The van der Waals surface area contributed by atoms with Crippen molar-refractivity contribution < 1.29 is 19.1 Å². The van der Waals surface area contributed by atoms with E-state index in [4.69, 9.17) is 16.3 Å². The summed E-state index contributed by atoms with van der Waals surface area (Å²) in [4.78, 5) is 40.4. The molecule has 0 atom stereocenters. The van der Waals surface area contributed by atoms with E-state index in [1.165, 1.54) is 11.3 Å². The lowest BCUT2D eigenvalue weighted by atomic mass is 10.1. The Morgan fingerprint density at radius 2 is 1.79 bits per heavy atom. The lowest BCUT2D eigenvalue weighted by Crippen LogP contribution is -2.13. The number of aromatic nitrogens is 1. The minimum atomic E-state index is -0.399. The summed E-state index contributed by atoms with van der Waals surface area (Å²) < 4.78 is 5.74. The molecule has 0 fully saturated rings. The first-order valence-corrected chi connectivity index (χ1v) is 9.82. The van der Waals surface area contributed by atoms with Gasteiger partial charge >= 0.3 is 5.97 Å². The van der Waals surface area contributed by atoms with Crippen LogP contribution in [0.5, 0.6) is 0 Å². The van der Waals surface area contributed by atoms with Crippen molar-refractivity contribution in [2.75, 3.05) is 11.9 Å². The number of amides is 1. The number of Topliss-reactive ketones (excluding diaryl/α,β-unsaturated/α-hetero) is 1. The van der Waals surface area contributed by atoms with Crippen LogP contribution in [0.1, 0.15) is 40.5 Å². The van der Waals surface area contributed by atoms with E-state index in [-0.39, 0.29) is 24.5 Å². The van der Waals surface area contributed by atoms with E-state index in [0.717, 1.165) is 4.70 Å². The van der Waals surface area contributed by atoms with E-state index in [1.54, 1.807) is 49.4 Å². The molecular formula is C20H17ClN2O4S. The largest absolute Gasteiger partial charge is 0.462 e. The summed E-state index contributed by atoms with van der Waals surface area (Å²) >= 11 is 7.06. The molecule has 2 aromatic carbocycles. The lowest BCUT2D eigenvalue weighted by Gasteiger charge is -2.02. The van der Waals surface area contributed by atoms with Gasteiger partial charge in [0.25, 0.3) is 0 Å². The van der Waals surface area contributed by atoms with Gasteiger partial charge in [-0.05, 0) is 49.4 Å². The molecule has 8 heteroatoms. The number of esters is 1. The first-order valence-electron chi connectivity index (χ1n) is 8.62. The quantitative estimate of drug-likeness (QED) is 0.444. The summed E-state index contributed by atoms with van der Waals surface area (Å²) in [5, 5.41) is 3.67. The number of ether oxygens (including phenoxy) is 1. The van der Waals surface area contributed by atoms with Crippen molar-refractivity contribution in [2.24, 2.45) is 0 Å². The predicted molar refractivity (Wildman–Crippen MR) is 109 cm³/mol. The molecule has 0 unspecified atom stereocenters. The number of halogens is 1. The van der Waals surface area contributed by atoms with E-state index in [1.807, 2.05) is 0 Å². The minimum Gasteiger partial charge on any atom is -0.462 e. The van der Waals surface area contributed by atoms with Crippen LogP contribution in [0, 0.1) is 0 Å². The molecule has 28 heavy (non-hydrogen) atoms. The topological polar surface area (TPSA) is 85.4 Å². The van der Waals surface area contributed by atoms with E-state index in [2.05, 4.69) is 10.3 Å². The van der Waals surface area contributed by atoms with E-state index >= 15 is 0 Å². The van der Waals surface area contributed by atoms with Crippen LogP contribution in [0.25, 0.3) is 10.2 Å². The molecule has 0 aliphatic rings. The fourth-order valence-corrected chi connectivity index (χ4v) is 3.56. The van der Waals surface area contributed by atoms with Crippen LogP contribution in [0.15, 0.2) is 42.5 Å². The van der Waals surface area contributed by atoms with Crippen molar-refractivity contribution >= 4 is 55.9 Å². The number of rotatable bonds is 7. The fraction of sp³-hybridized carbons (Fsp3) is 0.200. The lowest BCUT2D eigenvalue weighted by molar-refractivity contribution is -0.116. The number of anilines is 1. The summed E-state index contributed by atoms with van der Waals surface area (Å²) in [6.07, 6.45) is 0.136. The van der Waals surface area contributed by atoms with Crippen LogP contribution in [0.4, 0.5) is 5.13 Å². The Bertz CT molecular complexity index is 1030. The highest BCUT2D eigenvalue weighted by Gasteiger charge is 2.13. The van der Waals surface area contributed by atoms with Crippen LogP contribution in [0.3, 0.4) is 0 Å². The molecule has 0 saturated heterocycles. The zero-order valence-corrected chi connectivity index (χ0v) is 16.6. The van der Waals surface area contributed by atoms with Gasteiger partial charge in [-0.2, -0.15) is 0 Å². The van der Waals surface area contributed by atoms with Crippen LogP contribution in [0.2, 0.25) is 5.02 Å². The molecular weight excluding hydrogens is 400 g/mol. The maximum atomic E-state index is 12.1. The van der Waals surface area contributed by atoms with Crippen molar-refractivity contribution in [2.45, 2.75) is 19.8 Å². The Kier molecular flexibility index (Phi) is 6.38. The Balaban J connectivity index is 1.60. The van der Waals surface area contributed by atoms with Crippen molar-refractivity contribution in [3.8, 4) is 0 Å². The zero-order chi connectivity index (χ0) is 20.1. The maximum Gasteiger partial charge on any atom is 0.338 e. The monoisotopic (exact) mass is 416 g/mol. The Hall–Kier alpha value is -2.77. The maximum absolute atomic E-state index is 12.1. The molecule has 0 bridgehead atoms. The van der Waals surface area contributed by atoms with Gasteiger partial charge in [-0.1, -0.05) is 22.9 Å². The predicted octanol–water partition coefficient (Wildman–Crippen LogP) is 4.73. The molecule has 0 spiro atoms. The van der Waals surface area contributed by atoms with Gasteiger partial charge in [0.1, 0.15) is 0 Å². The van der Waals surface area contributed by atoms with Crippen LogP contribution in [-0.4, -0.2) is 29.3 Å². The standard InChI is InChI=1S/C20H17ClN2O4S/c1-2-27-19(26)13-5-8-15-17(11-13)28-20(22-15)23-18(25)10-9-16(24)12-3-6-14(21)7-4-12/h3-8,11H,2,9-10H2,1H3,(H,22,23,25). The number of benzene rings is 2. The number of nitrogens with one attached hydrogen (secondary N) is 1. The molecule has 1 aromatic heterocycles. The zero-order valence-electron chi connectivity index (χ0n) is 15.0. The Morgan fingerprint density at radius 1 is 1.07 bits per heavy atom. The van der Waals surface area contributed by atoms with Crippen LogP contribution < -0.4 is 5.32 Å². The molecule has 0 saturated carbocycles. The van der Waals surface area contributed by atoms with Gasteiger partial charge in [-0.25, -0.2) is 9.78 Å². The summed E-state index contributed by atoms with van der Waals surface area (Å²) in [5.74, 6) is -0.828. The van der Waals surface area contributed by atoms with Gasteiger partial charge in [0.05, 0.1) is 22.4 Å². The van der Waals surface area contributed by atoms with E-state index in [0.29, 0.717) is 33.4 Å². The van der Waals surface area contributed by atoms with Gasteiger partial charge < -0.3 is 10.1 Å². The molecule has 0 radical (unpaired) electrons. The Labute approximate surface area is 170 Å². The number of nitrogens with zero attached hydrogens (tertiary/aromatic N) is 1. The average molecular weight is 417 g/mol. The summed E-state index contributed by atoms with van der Waals surface area (Å²) in [6, 6.07) is 11.6. The van der Waals surface area contributed by atoms with Crippen molar-refractivity contribution in [1.29, 1.82) is 0 Å². The second-order valence-electron chi connectivity index (χ2n) is 5.90. The van der Waals surface area contributed by atoms with Crippen LogP contribution in [-0.2, 0) is 9.53 Å². The SMILES string of the molecule is CCOC(=O)c1ccc2nc(NC(=O)CCC(=O)c3ccc(Cl)cc3)sc2c1. The Morgan fingerprint density at radius 3 is 2.50 bits per heavy atom. The fourth-order valence-electron chi connectivity index (χ4n) is 2.51. The molecule has 0 aliphatic heterocycles. The third kappa shape index (κ3) is 4.94.